The van der Waals surface area contributed by atoms with Crippen LogP contribution < -0.4 is 18.9 Å². The number of benzene rings is 6. The summed E-state index contributed by atoms with van der Waals surface area (Å²) in [7, 11) is 6.39. The first-order valence-corrected chi connectivity index (χ1v) is 19.5. The van der Waals surface area contributed by atoms with Gasteiger partial charge in [-0.1, -0.05) is 119 Å². The fourth-order valence-electron chi connectivity index (χ4n) is 7.11. The normalized spacial score (nSPS) is 11.1. The standard InChI is InChI=1S/C46H34Cl4N4O4/c1-55-36-22-21-25(23-37(36)56-2)39-40(28-15-7-11-19-34(28)49)52-45(51-39)46-53-41(29-16-8-12-20-35(29)50)42(54-46)31-24-30(26-13-5-9-17-32(26)47)43(57-3)44(58-4)38(31)27-14-6-10-18-33(27)48/h5-24H,1-4H3,(H,51,52)(H,53,54). The number of ether oxygens (including phenoxy) is 4. The zero-order chi connectivity index (χ0) is 40.5. The van der Waals surface area contributed by atoms with Crippen LogP contribution in [0.1, 0.15) is 0 Å². The number of halogens is 4. The van der Waals surface area contributed by atoms with Crippen LogP contribution in [-0.2, 0) is 0 Å². The number of rotatable bonds is 11. The minimum atomic E-state index is 0.420. The highest BCUT2D eigenvalue weighted by Gasteiger charge is 2.30. The SMILES string of the molecule is COc1ccc(-c2[nH]c(-c3nc(-c4ccccc4Cl)c(-c4cc(-c5ccccc5Cl)c(OC)c(OC)c4-c4ccccc4Cl)[nH]3)nc2-c2ccccc2Cl)cc1OC. The molecule has 6 aromatic carbocycles. The Hall–Kier alpha value is -5.90. The van der Waals surface area contributed by atoms with Crippen molar-refractivity contribution in [3.8, 4) is 102 Å². The third-order valence-corrected chi connectivity index (χ3v) is 11.1. The summed E-state index contributed by atoms with van der Waals surface area (Å²) in [4.78, 5) is 17.6. The van der Waals surface area contributed by atoms with Gasteiger partial charge in [0, 0.05) is 54.6 Å². The van der Waals surface area contributed by atoms with E-state index in [1.54, 1.807) is 28.4 Å². The predicted molar refractivity (Wildman–Crippen MR) is 235 cm³/mol. The van der Waals surface area contributed by atoms with Gasteiger partial charge in [-0.05, 0) is 48.5 Å². The van der Waals surface area contributed by atoms with Crippen molar-refractivity contribution in [2.45, 2.75) is 0 Å². The maximum atomic E-state index is 6.99. The molecule has 58 heavy (non-hydrogen) atoms. The molecule has 0 atom stereocenters. The first-order valence-electron chi connectivity index (χ1n) is 18.0. The van der Waals surface area contributed by atoms with E-state index >= 15 is 0 Å². The first-order chi connectivity index (χ1) is 28.3. The van der Waals surface area contributed by atoms with Crippen LogP contribution in [0.15, 0.2) is 121 Å². The predicted octanol–water partition coefficient (Wildman–Crippen LogP) is 13.4. The number of aromatic nitrogens is 4. The monoisotopic (exact) mass is 846 g/mol. The molecular formula is C46H34Cl4N4O4. The van der Waals surface area contributed by atoms with Crippen molar-refractivity contribution in [1.82, 2.24) is 19.9 Å². The summed E-state index contributed by atoms with van der Waals surface area (Å²) in [6, 6.07) is 37.8. The number of aromatic amines is 2. The molecule has 0 fully saturated rings. The summed E-state index contributed by atoms with van der Waals surface area (Å²) in [6.45, 7) is 0. The fourth-order valence-corrected chi connectivity index (χ4v) is 8.03. The smallest absolute Gasteiger partial charge is 0.174 e. The first kappa shape index (κ1) is 38.9. The maximum absolute atomic E-state index is 6.99. The summed E-state index contributed by atoms with van der Waals surface area (Å²) < 4.78 is 23.5. The highest BCUT2D eigenvalue weighted by molar-refractivity contribution is 6.35. The topological polar surface area (TPSA) is 94.3 Å². The second kappa shape index (κ2) is 16.5. The number of nitrogens with zero attached hydrogens (tertiary/aromatic N) is 2. The van der Waals surface area contributed by atoms with Crippen LogP contribution in [0.3, 0.4) is 0 Å². The van der Waals surface area contributed by atoms with Gasteiger partial charge in [0.2, 0.25) is 0 Å². The van der Waals surface area contributed by atoms with Crippen molar-refractivity contribution in [3.05, 3.63) is 141 Å². The van der Waals surface area contributed by atoms with E-state index < -0.39 is 0 Å². The maximum Gasteiger partial charge on any atom is 0.174 e. The second-order valence-electron chi connectivity index (χ2n) is 13.0. The molecule has 0 spiro atoms. The molecule has 8 aromatic rings. The van der Waals surface area contributed by atoms with Gasteiger partial charge in [-0.25, -0.2) is 9.97 Å². The van der Waals surface area contributed by atoms with Crippen molar-refractivity contribution < 1.29 is 18.9 Å². The Labute approximate surface area is 355 Å². The molecule has 12 heteroatoms. The van der Waals surface area contributed by atoms with Crippen LogP contribution >= 0.6 is 46.4 Å². The lowest BCUT2D eigenvalue weighted by atomic mass is 9.90. The quantitative estimate of drug-likeness (QED) is 0.135. The van der Waals surface area contributed by atoms with E-state index in [9.17, 15) is 0 Å². The molecule has 8 nitrogen and oxygen atoms in total. The minimum Gasteiger partial charge on any atom is -0.493 e. The average molecular weight is 849 g/mol. The van der Waals surface area contributed by atoms with Gasteiger partial charge in [-0.2, -0.15) is 0 Å². The summed E-state index contributed by atoms with van der Waals surface area (Å²) in [5.74, 6) is 2.92. The Morgan fingerprint density at radius 3 is 1.38 bits per heavy atom. The molecule has 290 valence electrons. The Morgan fingerprint density at radius 2 is 0.879 bits per heavy atom. The van der Waals surface area contributed by atoms with E-state index in [0.717, 1.165) is 16.7 Å². The second-order valence-corrected chi connectivity index (χ2v) is 14.6. The van der Waals surface area contributed by atoms with Gasteiger partial charge in [0.05, 0.1) is 61.3 Å². The average Bonchev–Trinajstić information content (AvgIpc) is 3.89. The zero-order valence-electron chi connectivity index (χ0n) is 31.6. The number of H-pyrrole nitrogens is 2. The molecule has 0 radical (unpaired) electrons. The summed E-state index contributed by atoms with van der Waals surface area (Å²) in [5.41, 5.74) is 8.11. The van der Waals surface area contributed by atoms with E-state index in [4.69, 9.17) is 75.3 Å². The van der Waals surface area contributed by atoms with E-state index in [0.29, 0.717) is 105 Å². The molecular weight excluding hydrogens is 814 g/mol. The van der Waals surface area contributed by atoms with Crippen LogP contribution in [0, 0.1) is 0 Å². The van der Waals surface area contributed by atoms with Crippen LogP contribution in [0.25, 0.3) is 78.9 Å². The molecule has 0 saturated carbocycles. The zero-order valence-corrected chi connectivity index (χ0v) is 34.6. The van der Waals surface area contributed by atoms with Crippen LogP contribution in [0.2, 0.25) is 20.1 Å². The molecule has 8 rings (SSSR count). The number of hydrogen-bond acceptors (Lipinski definition) is 6. The number of nitrogens with one attached hydrogen (secondary N) is 2. The van der Waals surface area contributed by atoms with Gasteiger partial charge in [-0.3, -0.25) is 0 Å². The van der Waals surface area contributed by atoms with Crippen LogP contribution in [0.5, 0.6) is 23.0 Å². The molecule has 0 saturated heterocycles. The number of hydrogen-bond donors (Lipinski definition) is 2. The van der Waals surface area contributed by atoms with Crippen molar-refractivity contribution in [1.29, 1.82) is 0 Å². The molecule has 0 bridgehead atoms. The van der Waals surface area contributed by atoms with Crippen molar-refractivity contribution in [2.75, 3.05) is 28.4 Å². The van der Waals surface area contributed by atoms with Crippen LogP contribution in [0.4, 0.5) is 0 Å². The Balaban J connectivity index is 1.46. The van der Waals surface area contributed by atoms with Gasteiger partial charge in [0.1, 0.15) is 0 Å². The van der Waals surface area contributed by atoms with Gasteiger partial charge >= 0.3 is 0 Å². The lowest BCUT2D eigenvalue weighted by Gasteiger charge is -2.22. The van der Waals surface area contributed by atoms with Gasteiger partial charge in [0.15, 0.2) is 34.6 Å². The van der Waals surface area contributed by atoms with E-state index in [2.05, 4.69) is 9.97 Å². The van der Waals surface area contributed by atoms with E-state index in [-0.39, 0.29) is 0 Å². The summed E-state index contributed by atoms with van der Waals surface area (Å²) in [5, 5.41) is 2.06. The Morgan fingerprint density at radius 1 is 0.414 bits per heavy atom. The molecule has 0 unspecified atom stereocenters. The number of methoxy groups -OCH3 is 4. The molecule has 2 heterocycles. The lowest BCUT2D eigenvalue weighted by Crippen LogP contribution is -2.00. The molecule has 0 amide bonds. The van der Waals surface area contributed by atoms with E-state index in [1.807, 2.05) is 121 Å². The van der Waals surface area contributed by atoms with Crippen molar-refractivity contribution in [2.24, 2.45) is 0 Å². The third-order valence-electron chi connectivity index (χ3n) is 9.78. The molecule has 0 aliphatic rings. The van der Waals surface area contributed by atoms with Crippen LogP contribution in [-0.4, -0.2) is 48.4 Å². The summed E-state index contributed by atoms with van der Waals surface area (Å²) >= 11 is 27.7. The van der Waals surface area contributed by atoms with Gasteiger partial charge in [-0.15, -0.1) is 0 Å². The minimum absolute atomic E-state index is 0.420. The highest BCUT2D eigenvalue weighted by atomic mass is 35.5. The fraction of sp³-hybridized carbons (Fsp3) is 0.0870. The lowest BCUT2D eigenvalue weighted by molar-refractivity contribution is 0.355. The van der Waals surface area contributed by atoms with Crippen molar-refractivity contribution in [3.63, 3.8) is 0 Å². The summed E-state index contributed by atoms with van der Waals surface area (Å²) in [6.07, 6.45) is 0. The highest BCUT2D eigenvalue weighted by Crippen LogP contribution is 2.53. The van der Waals surface area contributed by atoms with Crippen molar-refractivity contribution >= 4 is 46.4 Å². The largest absolute Gasteiger partial charge is 0.493 e. The molecule has 2 aromatic heterocycles. The Bertz CT molecular complexity index is 2820. The van der Waals surface area contributed by atoms with Gasteiger partial charge in [0.25, 0.3) is 0 Å². The molecule has 0 aliphatic heterocycles. The number of imidazole rings is 2. The Kier molecular flexibility index (Phi) is 11.1. The molecule has 0 aliphatic carbocycles. The molecule has 2 N–H and O–H groups in total. The third kappa shape index (κ3) is 7.03. The van der Waals surface area contributed by atoms with Gasteiger partial charge < -0.3 is 28.9 Å². The van der Waals surface area contributed by atoms with E-state index in [1.165, 1.54) is 0 Å².